The summed E-state index contributed by atoms with van der Waals surface area (Å²) in [5, 5.41) is 11.3. The third-order valence-corrected chi connectivity index (χ3v) is 4.56. The smallest absolute Gasteiger partial charge is 0.325 e. The van der Waals surface area contributed by atoms with Gasteiger partial charge in [-0.15, -0.1) is 5.10 Å². The molecule has 1 aromatic rings. The van der Waals surface area contributed by atoms with Crippen molar-refractivity contribution in [3.05, 3.63) is 17.3 Å². The number of piperazine rings is 1. The predicted octanol–water partition coefficient (Wildman–Crippen LogP) is 0.360. The normalized spacial score (nSPS) is 17.2. The van der Waals surface area contributed by atoms with Gasteiger partial charge in [0.1, 0.15) is 6.54 Å². The first-order chi connectivity index (χ1) is 11.7. The first-order valence-electron chi connectivity index (χ1n) is 8.37. The standard InChI is InChI=1S/C16H23N5O3/c1-24-15(22)11-17-16(23)21-8-6-20(7-9-21)14-10-12-4-2-3-5-13(12)18-19-14/h10H,2-9,11H2,1H3,(H,17,23). The molecule has 1 fully saturated rings. The van der Waals surface area contributed by atoms with Crippen LogP contribution in [0.25, 0.3) is 0 Å². The van der Waals surface area contributed by atoms with Gasteiger partial charge in [-0.05, 0) is 37.3 Å². The number of esters is 1. The number of nitrogens with one attached hydrogen (secondary N) is 1. The third-order valence-electron chi connectivity index (χ3n) is 4.56. The number of fused-ring (bicyclic) bond motifs is 1. The number of methoxy groups -OCH3 is 1. The second kappa shape index (κ2) is 7.46. The Morgan fingerprint density at radius 2 is 1.92 bits per heavy atom. The van der Waals surface area contributed by atoms with E-state index < -0.39 is 5.97 Å². The quantitative estimate of drug-likeness (QED) is 0.804. The summed E-state index contributed by atoms with van der Waals surface area (Å²) in [4.78, 5) is 26.9. The first kappa shape index (κ1) is 16.5. The van der Waals surface area contributed by atoms with E-state index in [1.54, 1.807) is 4.90 Å². The van der Waals surface area contributed by atoms with Crippen LogP contribution < -0.4 is 10.2 Å². The fourth-order valence-electron chi connectivity index (χ4n) is 3.10. The third kappa shape index (κ3) is 3.74. The maximum absolute atomic E-state index is 12.0. The summed E-state index contributed by atoms with van der Waals surface area (Å²) >= 11 is 0. The molecular formula is C16H23N5O3. The average molecular weight is 333 g/mol. The number of nitrogens with zero attached hydrogens (tertiary/aromatic N) is 4. The highest BCUT2D eigenvalue weighted by Gasteiger charge is 2.23. The van der Waals surface area contributed by atoms with E-state index in [2.05, 4.69) is 31.2 Å². The largest absolute Gasteiger partial charge is 0.468 e. The Labute approximate surface area is 141 Å². The van der Waals surface area contributed by atoms with Gasteiger partial charge in [-0.2, -0.15) is 5.10 Å². The maximum atomic E-state index is 12.0. The molecule has 2 aliphatic rings. The molecule has 8 heteroatoms. The number of hydrogen-bond donors (Lipinski definition) is 1. The number of aryl methyl sites for hydroxylation is 2. The predicted molar refractivity (Wildman–Crippen MR) is 87.9 cm³/mol. The molecule has 1 aliphatic carbocycles. The van der Waals surface area contributed by atoms with Crippen LogP contribution in [0.15, 0.2) is 6.07 Å². The Balaban J connectivity index is 1.53. The molecule has 8 nitrogen and oxygen atoms in total. The van der Waals surface area contributed by atoms with E-state index in [-0.39, 0.29) is 12.6 Å². The number of rotatable bonds is 3. The molecule has 130 valence electrons. The minimum Gasteiger partial charge on any atom is -0.468 e. The van der Waals surface area contributed by atoms with Crippen molar-refractivity contribution in [1.29, 1.82) is 0 Å². The number of aromatic nitrogens is 2. The van der Waals surface area contributed by atoms with Gasteiger partial charge in [-0.25, -0.2) is 4.79 Å². The van der Waals surface area contributed by atoms with Crippen LogP contribution in [0.1, 0.15) is 24.1 Å². The van der Waals surface area contributed by atoms with E-state index in [9.17, 15) is 9.59 Å². The number of amides is 2. The van der Waals surface area contributed by atoms with Crippen molar-refractivity contribution >= 4 is 17.8 Å². The molecule has 0 radical (unpaired) electrons. The van der Waals surface area contributed by atoms with Crippen molar-refractivity contribution in [1.82, 2.24) is 20.4 Å². The average Bonchev–Trinajstić information content (AvgIpc) is 2.65. The molecule has 0 saturated carbocycles. The second-order valence-electron chi connectivity index (χ2n) is 6.09. The molecule has 1 aliphatic heterocycles. The minimum absolute atomic E-state index is 0.105. The molecule has 0 bridgehead atoms. The fraction of sp³-hybridized carbons (Fsp3) is 0.625. The van der Waals surface area contributed by atoms with Gasteiger partial charge in [0.25, 0.3) is 0 Å². The first-order valence-corrected chi connectivity index (χ1v) is 8.37. The van der Waals surface area contributed by atoms with Crippen LogP contribution in [0.5, 0.6) is 0 Å². The maximum Gasteiger partial charge on any atom is 0.325 e. The van der Waals surface area contributed by atoms with Crippen molar-refractivity contribution in [2.75, 3.05) is 44.7 Å². The second-order valence-corrected chi connectivity index (χ2v) is 6.09. The van der Waals surface area contributed by atoms with E-state index >= 15 is 0 Å². The number of urea groups is 1. The van der Waals surface area contributed by atoms with Crippen LogP contribution in [0.4, 0.5) is 10.6 Å². The highest BCUT2D eigenvalue weighted by atomic mass is 16.5. The molecule has 1 aromatic heterocycles. The number of hydrogen-bond acceptors (Lipinski definition) is 6. The van der Waals surface area contributed by atoms with Crippen LogP contribution in [0, 0.1) is 0 Å². The summed E-state index contributed by atoms with van der Waals surface area (Å²) in [5.41, 5.74) is 2.44. The topological polar surface area (TPSA) is 87.7 Å². The summed E-state index contributed by atoms with van der Waals surface area (Å²) in [6, 6.07) is 1.91. The van der Waals surface area contributed by atoms with Gasteiger partial charge >= 0.3 is 12.0 Å². The van der Waals surface area contributed by atoms with Crippen LogP contribution in [-0.4, -0.2) is 66.9 Å². The molecule has 0 unspecified atom stereocenters. The lowest BCUT2D eigenvalue weighted by Crippen LogP contribution is -2.52. The van der Waals surface area contributed by atoms with Gasteiger partial charge in [-0.1, -0.05) is 0 Å². The summed E-state index contributed by atoms with van der Waals surface area (Å²) in [7, 11) is 1.30. The SMILES string of the molecule is COC(=O)CNC(=O)N1CCN(c2cc3c(nn2)CCCC3)CC1. The summed E-state index contributed by atoms with van der Waals surface area (Å²) in [6.07, 6.45) is 4.51. The van der Waals surface area contributed by atoms with Gasteiger partial charge in [-0.3, -0.25) is 4.79 Å². The Morgan fingerprint density at radius 1 is 1.17 bits per heavy atom. The van der Waals surface area contributed by atoms with Crippen LogP contribution >= 0.6 is 0 Å². The Morgan fingerprint density at radius 3 is 2.67 bits per heavy atom. The van der Waals surface area contributed by atoms with Gasteiger partial charge < -0.3 is 19.9 Å². The zero-order valence-electron chi connectivity index (χ0n) is 14.0. The van der Waals surface area contributed by atoms with Crippen molar-refractivity contribution in [2.45, 2.75) is 25.7 Å². The Kier molecular flexibility index (Phi) is 5.12. The van der Waals surface area contributed by atoms with E-state index in [4.69, 9.17) is 0 Å². The van der Waals surface area contributed by atoms with Crippen molar-refractivity contribution in [2.24, 2.45) is 0 Å². The number of carbonyl (C=O) groups excluding carboxylic acids is 2. The minimum atomic E-state index is -0.452. The lowest BCUT2D eigenvalue weighted by atomic mass is 9.97. The van der Waals surface area contributed by atoms with Crippen LogP contribution in [0.3, 0.4) is 0 Å². The van der Waals surface area contributed by atoms with Crippen molar-refractivity contribution in [3.63, 3.8) is 0 Å². The molecule has 0 spiro atoms. The summed E-state index contributed by atoms with van der Waals surface area (Å²) in [6.45, 7) is 2.49. The van der Waals surface area contributed by atoms with Gasteiger partial charge in [0, 0.05) is 26.2 Å². The van der Waals surface area contributed by atoms with E-state index in [1.165, 1.54) is 25.5 Å². The Hall–Kier alpha value is -2.38. The molecule has 0 atom stereocenters. The van der Waals surface area contributed by atoms with Gasteiger partial charge in [0.15, 0.2) is 5.82 Å². The van der Waals surface area contributed by atoms with Crippen LogP contribution in [-0.2, 0) is 22.4 Å². The number of anilines is 1. The molecule has 24 heavy (non-hydrogen) atoms. The van der Waals surface area contributed by atoms with E-state index in [0.29, 0.717) is 26.2 Å². The molecular weight excluding hydrogens is 310 g/mol. The molecule has 2 heterocycles. The molecule has 1 N–H and O–H groups in total. The lowest BCUT2D eigenvalue weighted by Gasteiger charge is -2.35. The summed E-state index contributed by atoms with van der Waals surface area (Å²) in [5.74, 6) is 0.441. The van der Waals surface area contributed by atoms with Crippen LogP contribution in [0.2, 0.25) is 0 Å². The Bertz CT molecular complexity index is 614. The molecule has 2 amide bonds. The van der Waals surface area contributed by atoms with Crippen molar-refractivity contribution in [3.8, 4) is 0 Å². The number of ether oxygens (including phenoxy) is 1. The number of carbonyl (C=O) groups is 2. The highest BCUT2D eigenvalue weighted by Crippen LogP contribution is 2.22. The van der Waals surface area contributed by atoms with E-state index in [1.807, 2.05) is 0 Å². The lowest BCUT2D eigenvalue weighted by molar-refractivity contribution is -0.139. The highest BCUT2D eigenvalue weighted by molar-refractivity contribution is 5.80. The molecule has 1 saturated heterocycles. The summed E-state index contributed by atoms with van der Waals surface area (Å²) < 4.78 is 4.51. The molecule has 0 aromatic carbocycles. The van der Waals surface area contributed by atoms with Gasteiger partial charge in [0.2, 0.25) is 0 Å². The van der Waals surface area contributed by atoms with Crippen molar-refractivity contribution < 1.29 is 14.3 Å². The zero-order chi connectivity index (χ0) is 16.9. The fourth-order valence-corrected chi connectivity index (χ4v) is 3.10. The van der Waals surface area contributed by atoms with E-state index in [0.717, 1.165) is 24.4 Å². The molecule has 3 rings (SSSR count). The zero-order valence-corrected chi connectivity index (χ0v) is 14.0. The van der Waals surface area contributed by atoms with Gasteiger partial charge in [0.05, 0.1) is 12.8 Å². The monoisotopic (exact) mass is 333 g/mol.